The fourth-order valence-corrected chi connectivity index (χ4v) is 3.70. The van der Waals surface area contributed by atoms with Gasteiger partial charge in [-0.1, -0.05) is 12.1 Å². The van der Waals surface area contributed by atoms with E-state index in [1.54, 1.807) is 12.1 Å². The van der Waals surface area contributed by atoms with Crippen molar-refractivity contribution in [1.82, 2.24) is 4.90 Å². The molecule has 5 heteroatoms. The Kier molecular flexibility index (Phi) is 6.80. The predicted molar refractivity (Wildman–Crippen MR) is 109 cm³/mol. The molecule has 0 spiro atoms. The number of nitrogens with zero attached hydrogens (tertiary/aromatic N) is 1. The van der Waals surface area contributed by atoms with Gasteiger partial charge in [0.15, 0.2) is 0 Å². The van der Waals surface area contributed by atoms with Gasteiger partial charge in [0.2, 0.25) is 0 Å². The number of piperidine rings is 1. The van der Waals surface area contributed by atoms with Gasteiger partial charge in [-0.05, 0) is 68.4 Å². The van der Waals surface area contributed by atoms with E-state index in [9.17, 15) is 9.90 Å². The molecule has 28 heavy (non-hydrogen) atoms. The molecule has 1 N–H and O–H groups in total. The van der Waals surface area contributed by atoms with Crippen molar-refractivity contribution < 1.29 is 19.4 Å². The molecule has 0 atom stereocenters. The maximum Gasteiger partial charge on any atom is 0.257 e. The lowest BCUT2D eigenvalue weighted by atomic mass is 9.90. The van der Waals surface area contributed by atoms with Crippen LogP contribution in [0.3, 0.4) is 0 Å². The minimum Gasteiger partial charge on any atom is -0.507 e. The predicted octanol–water partition coefficient (Wildman–Crippen LogP) is 4.28. The van der Waals surface area contributed by atoms with Crippen LogP contribution in [0, 0.1) is 5.92 Å². The minimum atomic E-state index is -0.106. The Morgan fingerprint density at radius 2 is 1.79 bits per heavy atom. The van der Waals surface area contributed by atoms with Crippen LogP contribution in [0.1, 0.15) is 42.1 Å². The van der Waals surface area contributed by atoms with Gasteiger partial charge in [-0.2, -0.15) is 0 Å². The van der Waals surface area contributed by atoms with Crippen molar-refractivity contribution in [3.8, 4) is 17.2 Å². The Balaban J connectivity index is 1.48. The Hall–Kier alpha value is -2.69. The van der Waals surface area contributed by atoms with Crippen LogP contribution < -0.4 is 9.47 Å². The van der Waals surface area contributed by atoms with E-state index >= 15 is 0 Å². The summed E-state index contributed by atoms with van der Waals surface area (Å²) in [6.45, 7) is 4.14. The second-order valence-corrected chi connectivity index (χ2v) is 7.23. The first kappa shape index (κ1) is 20.1. The second-order valence-electron chi connectivity index (χ2n) is 7.23. The summed E-state index contributed by atoms with van der Waals surface area (Å²) in [4.78, 5) is 14.5. The molecule has 150 valence electrons. The van der Waals surface area contributed by atoms with Gasteiger partial charge in [-0.25, -0.2) is 0 Å². The average molecular weight is 383 g/mol. The van der Waals surface area contributed by atoms with Gasteiger partial charge >= 0.3 is 0 Å². The number of rotatable bonds is 7. The van der Waals surface area contributed by atoms with Crippen molar-refractivity contribution in [2.75, 3.05) is 26.8 Å². The molecule has 1 saturated heterocycles. The first-order valence-corrected chi connectivity index (χ1v) is 9.98. The van der Waals surface area contributed by atoms with Crippen LogP contribution in [-0.2, 0) is 6.42 Å². The molecule has 0 unspecified atom stereocenters. The van der Waals surface area contributed by atoms with Crippen molar-refractivity contribution in [2.45, 2.75) is 32.6 Å². The molecular formula is C23H29NO4. The van der Waals surface area contributed by atoms with E-state index in [1.165, 1.54) is 18.7 Å². The lowest BCUT2D eigenvalue weighted by molar-refractivity contribution is 0.0684. The molecule has 2 aromatic rings. The Bertz CT molecular complexity index is 780. The number of aryl methyl sites for hydroxylation is 1. The summed E-state index contributed by atoms with van der Waals surface area (Å²) in [7, 11) is 1.54. The number of carbonyl (C=O) groups excluding carboxylic acids is 1. The van der Waals surface area contributed by atoms with Crippen molar-refractivity contribution in [3.05, 3.63) is 53.6 Å². The normalized spacial score (nSPS) is 14.7. The topological polar surface area (TPSA) is 59.0 Å². The number of hydrogen-bond acceptors (Lipinski definition) is 4. The molecular weight excluding hydrogens is 354 g/mol. The van der Waals surface area contributed by atoms with Crippen LogP contribution in [0.25, 0.3) is 0 Å². The molecule has 0 saturated carbocycles. The van der Waals surface area contributed by atoms with Gasteiger partial charge in [0.25, 0.3) is 5.91 Å². The number of hydrogen-bond donors (Lipinski definition) is 1. The molecule has 1 amide bonds. The summed E-state index contributed by atoms with van der Waals surface area (Å²) in [5, 5.41) is 10.1. The van der Waals surface area contributed by atoms with Gasteiger partial charge < -0.3 is 19.5 Å². The third-order valence-electron chi connectivity index (χ3n) is 5.41. The molecule has 1 aliphatic rings. The quantitative estimate of drug-likeness (QED) is 0.775. The first-order valence-electron chi connectivity index (χ1n) is 9.98. The van der Waals surface area contributed by atoms with Gasteiger partial charge in [-0.3, -0.25) is 4.79 Å². The molecule has 1 fully saturated rings. The van der Waals surface area contributed by atoms with E-state index in [1.807, 2.05) is 24.0 Å². The van der Waals surface area contributed by atoms with E-state index < -0.39 is 0 Å². The molecule has 0 bridgehead atoms. The molecule has 1 heterocycles. The van der Waals surface area contributed by atoms with Crippen LogP contribution in [0.15, 0.2) is 42.5 Å². The zero-order valence-electron chi connectivity index (χ0n) is 16.7. The zero-order valence-corrected chi connectivity index (χ0v) is 16.7. The van der Waals surface area contributed by atoms with E-state index in [-0.39, 0.29) is 11.7 Å². The van der Waals surface area contributed by atoms with Gasteiger partial charge in [-0.15, -0.1) is 0 Å². The van der Waals surface area contributed by atoms with Gasteiger partial charge in [0.05, 0.1) is 19.3 Å². The number of amides is 1. The lowest BCUT2D eigenvalue weighted by Crippen LogP contribution is -2.38. The summed E-state index contributed by atoms with van der Waals surface area (Å²) < 4.78 is 10.6. The number of likely N-dealkylation sites (tertiary alicyclic amines) is 1. The molecule has 1 aliphatic heterocycles. The van der Waals surface area contributed by atoms with Crippen LogP contribution in [0.4, 0.5) is 0 Å². The summed E-state index contributed by atoms with van der Waals surface area (Å²) >= 11 is 0. The van der Waals surface area contributed by atoms with Crippen LogP contribution in [0.2, 0.25) is 0 Å². The summed E-state index contributed by atoms with van der Waals surface area (Å²) in [6.07, 6.45) is 4.17. The highest BCUT2D eigenvalue weighted by Gasteiger charge is 2.25. The summed E-state index contributed by atoms with van der Waals surface area (Å²) in [6, 6.07) is 13.1. The number of aromatic hydroxyl groups is 1. The van der Waals surface area contributed by atoms with Crippen molar-refractivity contribution in [2.24, 2.45) is 5.92 Å². The SMILES string of the molecule is CCOc1ccc(CCC2CCN(C(=O)c3ccc(OC)cc3O)CC2)cc1. The maximum absolute atomic E-state index is 12.7. The highest BCUT2D eigenvalue weighted by molar-refractivity contribution is 5.97. The third kappa shape index (κ3) is 4.97. The number of phenols is 1. The van der Waals surface area contributed by atoms with Crippen molar-refractivity contribution in [3.63, 3.8) is 0 Å². The smallest absolute Gasteiger partial charge is 0.257 e. The number of ether oxygens (including phenoxy) is 2. The lowest BCUT2D eigenvalue weighted by Gasteiger charge is -2.32. The fourth-order valence-electron chi connectivity index (χ4n) is 3.70. The van der Waals surface area contributed by atoms with E-state index in [4.69, 9.17) is 9.47 Å². The van der Waals surface area contributed by atoms with E-state index in [0.717, 1.165) is 44.5 Å². The van der Waals surface area contributed by atoms with Gasteiger partial charge in [0.1, 0.15) is 17.2 Å². The molecule has 0 radical (unpaired) electrons. The van der Waals surface area contributed by atoms with Crippen LogP contribution in [0.5, 0.6) is 17.2 Å². The maximum atomic E-state index is 12.7. The molecule has 3 rings (SSSR count). The number of methoxy groups -OCH3 is 1. The Morgan fingerprint density at radius 1 is 1.11 bits per heavy atom. The van der Waals surface area contributed by atoms with E-state index in [0.29, 0.717) is 23.8 Å². The molecule has 0 aromatic heterocycles. The van der Waals surface area contributed by atoms with E-state index in [2.05, 4.69) is 12.1 Å². The number of benzene rings is 2. The summed E-state index contributed by atoms with van der Waals surface area (Å²) in [5.41, 5.74) is 1.67. The molecule has 2 aromatic carbocycles. The van der Waals surface area contributed by atoms with Crippen LogP contribution >= 0.6 is 0 Å². The standard InChI is InChI=1S/C23H29NO4/c1-3-28-19-8-6-17(7-9-19)4-5-18-12-14-24(15-13-18)23(26)21-11-10-20(27-2)16-22(21)25/h6-11,16,18,25H,3-5,12-15H2,1-2H3. The Morgan fingerprint density at radius 3 is 2.39 bits per heavy atom. The number of phenolic OH excluding ortho intramolecular Hbond substituents is 1. The van der Waals surface area contributed by atoms with Crippen molar-refractivity contribution in [1.29, 1.82) is 0 Å². The average Bonchev–Trinajstić information content (AvgIpc) is 2.73. The number of carbonyl (C=O) groups is 1. The first-order chi connectivity index (χ1) is 13.6. The van der Waals surface area contributed by atoms with Crippen LogP contribution in [-0.4, -0.2) is 42.7 Å². The molecule has 0 aliphatic carbocycles. The van der Waals surface area contributed by atoms with Gasteiger partial charge in [0, 0.05) is 19.2 Å². The Labute approximate surface area is 166 Å². The van der Waals surface area contributed by atoms with Crippen molar-refractivity contribution >= 4 is 5.91 Å². The highest BCUT2D eigenvalue weighted by atomic mass is 16.5. The largest absolute Gasteiger partial charge is 0.507 e. The zero-order chi connectivity index (χ0) is 19.9. The second kappa shape index (κ2) is 9.49. The highest BCUT2D eigenvalue weighted by Crippen LogP contribution is 2.28. The molecule has 5 nitrogen and oxygen atoms in total. The monoisotopic (exact) mass is 383 g/mol. The minimum absolute atomic E-state index is 0.0260. The third-order valence-corrected chi connectivity index (χ3v) is 5.41. The summed E-state index contributed by atoms with van der Waals surface area (Å²) in [5.74, 6) is 1.95. The fraction of sp³-hybridized carbons (Fsp3) is 0.435.